The maximum absolute atomic E-state index is 7.03. The predicted octanol–water partition coefficient (Wildman–Crippen LogP) is 11.9. The maximum Gasteiger partial charge on any atom is 0.256 e. The molecular weight excluding hydrogens is 693 g/mol. The molecule has 9 aromatic rings. The number of para-hydroxylation sites is 3. The van der Waals surface area contributed by atoms with Crippen molar-refractivity contribution in [3.8, 4) is 17.2 Å². The summed E-state index contributed by atoms with van der Waals surface area (Å²) in [5, 5.41) is 2.48. The van der Waals surface area contributed by atoms with Crippen molar-refractivity contribution >= 4 is 79.0 Å². The molecule has 0 atom stereocenters. The number of nitrogens with zero attached hydrogens (tertiary/aromatic N) is 3. The Hall–Kier alpha value is -6.98. The Bertz CT molecular complexity index is 3010. The van der Waals surface area contributed by atoms with Gasteiger partial charge in [0, 0.05) is 56.7 Å². The number of fused-ring (bicyclic) bond motifs is 7. The van der Waals surface area contributed by atoms with E-state index in [0.717, 1.165) is 45.6 Å². The fraction of sp³-hybridized carbons (Fsp3) is 0.0769. The number of hydrogen-bond acceptors (Lipinski definition) is 3. The molecule has 0 saturated heterocycles. The first-order valence-electron chi connectivity index (χ1n) is 19.8. The van der Waals surface area contributed by atoms with Gasteiger partial charge < -0.3 is 19.1 Å². The van der Waals surface area contributed by atoms with Crippen LogP contribution in [-0.4, -0.2) is 11.3 Å². The Morgan fingerprint density at radius 3 is 1.77 bits per heavy atom. The van der Waals surface area contributed by atoms with Crippen LogP contribution in [0.5, 0.6) is 11.5 Å². The first-order valence-corrected chi connectivity index (χ1v) is 19.8. The minimum atomic E-state index is -0.0381. The first kappa shape index (κ1) is 33.4. The molecule has 1 aromatic heterocycles. The van der Waals surface area contributed by atoms with Crippen LogP contribution in [0.4, 0.5) is 34.1 Å². The number of aromatic nitrogens is 1. The fourth-order valence-corrected chi connectivity index (χ4v) is 9.16. The van der Waals surface area contributed by atoms with Crippen molar-refractivity contribution in [2.24, 2.45) is 0 Å². The van der Waals surface area contributed by atoms with Crippen LogP contribution in [0.2, 0.25) is 0 Å². The average Bonchev–Trinajstić information content (AvgIpc) is 3.56. The largest absolute Gasteiger partial charge is 0.458 e. The number of aryl methyl sites for hydroxylation is 4. The average molecular weight is 734 g/mol. The highest BCUT2D eigenvalue weighted by Crippen LogP contribution is 2.45. The number of hydrogen-bond donors (Lipinski definition) is 0. The second kappa shape index (κ2) is 12.8. The molecule has 0 unspecified atom stereocenters. The van der Waals surface area contributed by atoms with Crippen LogP contribution in [0.15, 0.2) is 170 Å². The standard InChI is InChI=1S/C52H40BN3O/c1-33-22-24-39(28-35(33)3)54(40-25-23-34(2)36(4)29-40)41-26-27-44-51(30-41)57-50-21-13-20-47-52(50)53(44)45-31-43-42-18-11-12-19-46(42)55(37-14-7-5-8-15-37)48(43)32-49(45)56(47)38-16-9-6-10-17-38/h5-32H,1-4H3. The SMILES string of the molecule is Cc1ccc(N(c2ccc(C)c(C)c2)c2ccc3c(c2)Oc2cccc4c2B3c2cc3c5ccccc5n(-c5ccccc5)c3cc2N4c2ccccc2)cc1C. The normalized spacial score (nSPS) is 12.6. The van der Waals surface area contributed by atoms with Crippen molar-refractivity contribution in [3.63, 3.8) is 0 Å². The number of anilines is 6. The quantitative estimate of drug-likeness (QED) is 0.164. The lowest BCUT2D eigenvalue weighted by atomic mass is 9.34. The van der Waals surface area contributed by atoms with E-state index in [0.29, 0.717) is 0 Å². The Kier molecular flexibility index (Phi) is 7.49. The Morgan fingerprint density at radius 2 is 1.07 bits per heavy atom. The molecule has 0 radical (unpaired) electrons. The minimum Gasteiger partial charge on any atom is -0.458 e. The lowest BCUT2D eigenvalue weighted by Gasteiger charge is -2.40. The van der Waals surface area contributed by atoms with Crippen LogP contribution >= 0.6 is 0 Å². The summed E-state index contributed by atoms with van der Waals surface area (Å²) in [5.41, 5.74) is 19.0. The van der Waals surface area contributed by atoms with Gasteiger partial charge in [-0.2, -0.15) is 0 Å². The second-order valence-electron chi connectivity index (χ2n) is 15.6. The van der Waals surface area contributed by atoms with Crippen molar-refractivity contribution in [3.05, 3.63) is 192 Å². The van der Waals surface area contributed by atoms with E-state index in [1.54, 1.807) is 0 Å². The summed E-state index contributed by atoms with van der Waals surface area (Å²) in [6, 6.07) is 62.0. The van der Waals surface area contributed by atoms with E-state index >= 15 is 0 Å². The van der Waals surface area contributed by atoms with Gasteiger partial charge in [0.15, 0.2) is 0 Å². The van der Waals surface area contributed by atoms with Crippen LogP contribution in [0.25, 0.3) is 27.5 Å². The molecule has 0 spiro atoms. The van der Waals surface area contributed by atoms with Crippen molar-refractivity contribution in [2.75, 3.05) is 9.80 Å². The van der Waals surface area contributed by atoms with Crippen molar-refractivity contribution < 1.29 is 4.74 Å². The van der Waals surface area contributed by atoms with Gasteiger partial charge in [0.1, 0.15) is 11.5 Å². The van der Waals surface area contributed by atoms with Crippen LogP contribution in [0.3, 0.4) is 0 Å². The summed E-state index contributed by atoms with van der Waals surface area (Å²) in [5.74, 6) is 1.77. The highest BCUT2D eigenvalue weighted by Gasteiger charge is 2.42. The first-order chi connectivity index (χ1) is 27.9. The molecule has 2 aliphatic heterocycles. The van der Waals surface area contributed by atoms with Gasteiger partial charge in [-0.1, -0.05) is 84.9 Å². The molecule has 0 saturated carbocycles. The zero-order valence-corrected chi connectivity index (χ0v) is 32.5. The Balaban J connectivity index is 1.16. The minimum absolute atomic E-state index is 0.0381. The van der Waals surface area contributed by atoms with E-state index in [4.69, 9.17) is 4.74 Å². The summed E-state index contributed by atoms with van der Waals surface area (Å²) in [6.07, 6.45) is 0. The van der Waals surface area contributed by atoms with E-state index in [1.165, 1.54) is 66.1 Å². The molecule has 8 aromatic carbocycles. The molecule has 5 heteroatoms. The van der Waals surface area contributed by atoms with Crippen LogP contribution in [0.1, 0.15) is 22.3 Å². The lowest BCUT2D eigenvalue weighted by molar-refractivity contribution is 0.487. The van der Waals surface area contributed by atoms with Crippen molar-refractivity contribution in [1.29, 1.82) is 0 Å². The van der Waals surface area contributed by atoms with Gasteiger partial charge in [0.05, 0.1) is 11.0 Å². The third kappa shape index (κ3) is 5.15. The topological polar surface area (TPSA) is 20.6 Å². The molecule has 3 heterocycles. The lowest BCUT2D eigenvalue weighted by Crippen LogP contribution is -2.59. The third-order valence-corrected chi connectivity index (χ3v) is 12.3. The Morgan fingerprint density at radius 1 is 0.439 bits per heavy atom. The third-order valence-electron chi connectivity index (χ3n) is 12.3. The molecular formula is C52H40BN3O. The van der Waals surface area contributed by atoms with E-state index in [9.17, 15) is 0 Å². The highest BCUT2D eigenvalue weighted by molar-refractivity contribution is 6.99. The van der Waals surface area contributed by atoms with Gasteiger partial charge in [0.2, 0.25) is 0 Å². The molecule has 0 bridgehead atoms. The monoisotopic (exact) mass is 733 g/mol. The van der Waals surface area contributed by atoms with E-state index < -0.39 is 0 Å². The Labute approximate surface area is 333 Å². The maximum atomic E-state index is 7.03. The van der Waals surface area contributed by atoms with E-state index in [-0.39, 0.29) is 6.71 Å². The van der Waals surface area contributed by atoms with Crippen LogP contribution in [0, 0.1) is 27.7 Å². The van der Waals surface area contributed by atoms with Gasteiger partial charge >= 0.3 is 0 Å². The number of ether oxygens (including phenoxy) is 1. The predicted molar refractivity (Wildman–Crippen MR) is 240 cm³/mol. The fourth-order valence-electron chi connectivity index (χ4n) is 9.16. The van der Waals surface area contributed by atoms with E-state index in [2.05, 4.69) is 212 Å². The summed E-state index contributed by atoms with van der Waals surface area (Å²) >= 11 is 0. The van der Waals surface area contributed by atoms with E-state index in [1.807, 2.05) is 0 Å². The molecule has 0 aliphatic carbocycles. The summed E-state index contributed by atoms with van der Waals surface area (Å²) in [4.78, 5) is 4.80. The van der Waals surface area contributed by atoms with Crippen molar-refractivity contribution in [2.45, 2.75) is 27.7 Å². The summed E-state index contributed by atoms with van der Waals surface area (Å²) in [6.45, 7) is 8.69. The number of rotatable bonds is 5. The molecule has 0 fully saturated rings. The highest BCUT2D eigenvalue weighted by atomic mass is 16.5. The van der Waals surface area contributed by atoms with Gasteiger partial charge in [-0.15, -0.1) is 0 Å². The van der Waals surface area contributed by atoms with Gasteiger partial charge in [-0.25, -0.2) is 0 Å². The van der Waals surface area contributed by atoms with Gasteiger partial charge in [0.25, 0.3) is 6.71 Å². The molecule has 57 heavy (non-hydrogen) atoms. The molecule has 0 N–H and O–H groups in total. The zero-order valence-electron chi connectivity index (χ0n) is 32.5. The van der Waals surface area contributed by atoms with Crippen molar-refractivity contribution in [1.82, 2.24) is 4.57 Å². The van der Waals surface area contributed by atoms with Crippen LogP contribution in [-0.2, 0) is 0 Å². The smallest absolute Gasteiger partial charge is 0.256 e. The molecule has 4 nitrogen and oxygen atoms in total. The second-order valence-corrected chi connectivity index (χ2v) is 15.6. The molecule has 2 aliphatic rings. The van der Waals surface area contributed by atoms with Gasteiger partial charge in [-0.05, 0) is 145 Å². The molecule has 11 rings (SSSR count). The van der Waals surface area contributed by atoms with Crippen LogP contribution < -0.4 is 30.9 Å². The molecule has 272 valence electrons. The zero-order chi connectivity index (χ0) is 38.4. The summed E-state index contributed by atoms with van der Waals surface area (Å²) in [7, 11) is 0. The summed E-state index contributed by atoms with van der Waals surface area (Å²) < 4.78 is 9.45. The number of benzene rings is 8. The van der Waals surface area contributed by atoms with Gasteiger partial charge in [-0.3, -0.25) is 0 Å². The molecule has 0 amide bonds.